The largest absolute Gasteiger partial charge is 0.399 e. The monoisotopic (exact) mass is 223 g/mol. The van der Waals surface area contributed by atoms with Crippen molar-refractivity contribution in [3.8, 4) is 0 Å². The molecule has 0 atom stereocenters. The molecule has 5 heteroatoms. The molecule has 2 nitrogen and oxygen atoms in total. The van der Waals surface area contributed by atoms with Gasteiger partial charge in [0, 0.05) is 0 Å². The van der Waals surface area contributed by atoms with E-state index in [9.17, 15) is 13.2 Å². The first-order valence-corrected chi connectivity index (χ1v) is 5.29. The molecular formula is C10H16F3NO. The van der Waals surface area contributed by atoms with Crippen LogP contribution in [0.4, 0.5) is 13.2 Å². The lowest BCUT2D eigenvalue weighted by atomic mass is 9.69. The van der Waals surface area contributed by atoms with Crippen molar-refractivity contribution in [2.24, 2.45) is 11.3 Å². The number of hydrogen-bond acceptors (Lipinski definition) is 2. The van der Waals surface area contributed by atoms with E-state index in [4.69, 9.17) is 4.74 Å². The van der Waals surface area contributed by atoms with Crippen LogP contribution in [0.1, 0.15) is 12.8 Å². The number of likely N-dealkylation sites (tertiary alicyclic amines) is 1. The minimum absolute atomic E-state index is 0.134. The molecule has 2 fully saturated rings. The molecule has 2 aliphatic rings. The average Bonchev–Trinajstić information content (AvgIpc) is 2.03. The number of ether oxygens (including phenoxy) is 1. The summed E-state index contributed by atoms with van der Waals surface area (Å²) in [5.74, 6) is -0.248. The van der Waals surface area contributed by atoms with Gasteiger partial charge >= 0.3 is 6.18 Å². The third kappa shape index (κ3) is 1.76. The second-order valence-electron chi connectivity index (χ2n) is 4.72. The Labute approximate surface area is 87.4 Å². The molecule has 0 bridgehead atoms. The number of halogens is 3. The minimum atomic E-state index is -4.11. The lowest BCUT2D eigenvalue weighted by Crippen LogP contribution is -2.59. The van der Waals surface area contributed by atoms with Crippen molar-refractivity contribution in [1.29, 1.82) is 0 Å². The summed E-state index contributed by atoms with van der Waals surface area (Å²) in [6.07, 6.45) is -2.83. The van der Waals surface area contributed by atoms with E-state index >= 15 is 0 Å². The van der Waals surface area contributed by atoms with Crippen LogP contribution in [0.3, 0.4) is 0 Å². The number of alkyl halides is 3. The normalized spacial score (nSPS) is 28.8. The number of piperidine rings is 1. The second kappa shape index (κ2) is 3.63. The molecule has 2 aliphatic heterocycles. The van der Waals surface area contributed by atoms with Gasteiger partial charge in [-0.05, 0) is 38.9 Å². The summed E-state index contributed by atoms with van der Waals surface area (Å²) in [5, 5.41) is 0. The molecule has 0 aliphatic carbocycles. The highest BCUT2D eigenvalue weighted by molar-refractivity contribution is 4.99. The van der Waals surface area contributed by atoms with Gasteiger partial charge in [-0.3, -0.25) is 0 Å². The number of nitrogens with zero attached hydrogens (tertiary/aromatic N) is 1. The zero-order valence-electron chi connectivity index (χ0n) is 8.81. The van der Waals surface area contributed by atoms with Gasteiger partial charge in [0.15, 0.2) is 0 Å². The van der Waals surface area contributed by atoms with Gasteiger partial charge in [0.25, 0.3) is 0 Å². The second-order valence-corrected chi connectivity index (χ2v) is 4.72. The molecule has 15 heavy (non-hydrogen) atoms. The van der Waals surface area contributed by atoms with Gasteiger partial charge in [-0.1, -0.05) is 0 Å². The first kappa shape index (κ1) is 11.2. The Bertz CT molecular complexity index is 229. The van der Waals surface area contributed by atoms with E-state index in [1.54, 1.807) is 0 Å². The first-order valence-electron chi connectivity index (χ1n) is 5.29. The summed E-state index contributed by atoms with van der Waals surface area (Å²) in [5.41, 5.74) is -1.53. The maximum Gasteiger partial charge on any atom is 0.399 e. The van der Waals surface area contributed by atoms with Gasteiger partial charge < -0.3 is 9.64 Å². The standard InChI is InChI=1S/C10H16F3NO/c1-14-4-2-8(3-5-14)9(6-15-7-9)10(11,12)13/h8H,2-7H2,1H3. The van der Waals surface area contributed by atoms with E-state index in [2.05, 4.69) is 4.90 Å². The summed E-state index contributed by atoms with van der Waals surface area (Å²) in [6.45, 7) is 1.26. The van der Waals surface area contributed by atoms with Crippen LogP contribution in [0.2, 0.25) is 0 Å². The smallest absolute Gasteiger partial charge is 0.379 e. The lowest BCUT2D eigenvalue weighted by Gasteiger charge is -2.50. The molecule has 0 aromatic rings. The van der Waals surface area contributed by atoms with E-state index in [0.717, 1.165) is 13.1 Å². The Kier molecular flexibility index (Phi) is 2.71. The zero-order valence-corrected chi connectivity index (χ0v) is 8.81. The molecule has 0 amide bonds. The van der Waals surface area contributed by atoms with Crippen molar-refractivity contribution in [2.45, 2.75) is 19.0 Å². The molecule has 0 saturated carbocycles. The lowest BCUT2D eigenvalue weighted by molar-refractivity contribution is -0.326. The highest BCUT2D eigenvalue weighted by Crippen LogP contribution is 2.52. The van der Waals surface area contributed by atoms with Crippen LogP contribution in [0, 0.1) is 11.3 Å². The van der Waals surface area contributed by atoms with Gasteiger partial charge in [-0.15, -0.1) is 0 Å². The van der Waals surface area contributed by atoms with Gasteiger partial charge in [-0.2, -0.15) is 13.2 Å². The van der Waals surface area contributed by atoms with Crippen LogP contribution in [0.15, 0.2) is 0 Å². The molecule has 0 aromatic carbocycles. The Morgan fingerprint density at radius 1 is 1.20 bits per heavy atom. The van der Waals surface area contributed by atoms with Crippen molar-refractivity contribution in [3.63, 3.8) is 0 Å². The molecule has 0 unspecified atom stereocenters. The highest BCUT2D eigenvalue weighted by Gasteiger charge is 2.63. The molecule has 2 heterocycles. The van der Waals surface area contributed by atoms with Crippen LogP contribution in [0.5, 0.6) is 0 Å². The zero-order chi connectivity index (χ0) is 11.1. The van der Waals surface area contributed by atoms with E-state index in [1.165, 1.54) is 0 Å². The van der Waals surface area contributed by atoms with E-state index in [-0.39, 0.29) is 19.1 Å². The van der Waals surface area contributed by atoms with Crippen LogP contribution < -0.4 is 0 Å². The quantitative estimate of drug-likeness (QED) is 0.673. The van der Waals surface area contributed by atoms with Crippen molar-refractivity contribution in [3.05, 3.63) is 0 Å². The van der Waals surface area contributed by atoms with E-state index in [1.807, 2.05) is 7.05 Å². The molecule has 0 aromatic heterocycles. The maximum atomic E-state index is 12.9. The molecule has 2 rings (SSSR count). The molecule has 0 spiro atoms. The summed E-state index contributed by atoms with van der Waals surface area (Å²) in [7, 11) is 1.95. The van der Waals surface area contributed by atoms with Gasteiger partial charge in [0.05, 0.1) is 13.2 Å². The van der Waals surface area contributed by atoms with Gasteiger partial charge in [0.2, 0.25) is 0 Å². The Balaban J connectivity index is 2.07. The van der Waals surface area contributed by atoms with E-state index < -0.39 is 11.6 Å². The van der Waals surface area contributed by atoms with Crippen molar-refractivity contribution in [1.82, 2.24) is 4.90 Å². The maximum absolute atomic E-state index is 12.9. The summed E-state index contributed by atoms with van der Waals surface area (Å²) >= 11 is 0. The first-order chi connectivity index (χ1) is 6.96. The summed E-state index contributed by atoms with van der Waals surface area (Å²) in [6, 6.07) is 0. The van der Waals surface area contributed by atoms with Crippen molar-refractivity contribution >= 4 is 0 Å². The van der Waals surface area contributed by atoms with Crippen LogP contribution >= 0.6 is 0 Å². The fraction of sp³-hybridized carbons (Fsp3) is 1.00. The molecule has 2 saturated heterocycles. The van der Waals surface area contributed by atoms with Crippen molar-refractivity contribution < 1.29 is 17.9 Å². The predicted octanol–water partition coefficient (Wildman–Crippen LogP) is 1.91. The van der Waals surface area contributed by atoms with Gasteiger partial charge in [-0.25, -0.2) is 0 Å². The third-order valence-electron chi connectivity index (χ3n) is 3.78. The minimum Gasteiger partial charge on any atom is -0.379 e. The summed E-state index contributed by atoms with van der Waals surface area (Å²) in [4.78, 5) is 2.08. The van der Waals surface area contributed by atoms with E-state index in [0.29, 0.717) is 12.8 Å². The topological polar surface area (TPSA) is 12.5 Å². The Hall–Kier alpha value is -0.290. The van der Waals surface area contributed by atoms with Crippen LogP contribution in [-0.4, -0.2) is 44.4 Å². The SMILES string of the molecule is CN1CCC(C2(C(F)(F)F)COC2)CC1. The van der Waals surface area contributed by atoms with Crippen LogP contribution in [-0.2, 0) is 4.74 Å². The molecule has 0 radical (unpaired) electrons. The Morgan fingerprint density at radius 3 is 2.07 bits per heavy atom. The Morgan fingerprint density at radius 2 is 1.73 bits per heavy atom. The summed E-state index contributed by atoms with van der Waals surface area (Å²) < 4.78 is 43.6. The van der Waals surface area contributed by atoms with Gasteiger partial charge in [0.1, 0.15) is 5.41 Å². The third-order valence-corrected chi connectivity index (χ3v) is 3.78. The molecular weight excluding hydrogens is 207 g/mol. The molecule has 0 N–H and O–H groups in total. The predicted molar refractivity (Wildman–Crippen MR) is 49.5 cm³/mol. The fourth-order valence-corrected chi connectivity index (χ4v) is 2.51. The highest BCUT2D eigenvalue weighted by atomic mass is 19.4. The molecule has 88 valence electrons. The van der Waals surface area contributed by atoms with Crippen molar-refractivity contribution in [2.75, 3.05) is 33.4 Å². The number of rotatable bonds is 1. The average molecular weight is 223 g/mol. The van der Waals surface area contributed by atoms with Crippen LogP contribution in [0.25, 0.3) is 0 Å². The number of hydrogen-bond donors (Lipinski definition) is 0. The fourth-order valence-electron chi connectivity index (χ4n) is 2.51.